The first kappa shape index (κ1) is 23.3. The lowest BCUT2D eigenvalue weighted by Crippen LogP contribution is -2.38. The van der Waals surface area contributed by atoms with Crippen molar-refractivity contribution < 1.29 is 23.4 Å². The van der Waals surface area contributed by atoms with Gasteiger partial charge >= 0.3 is 0 Å². The van der Waals surface area contributed by atoms with E-state index in [0.717, 1.165) is 38.5 Å². The fourth-order valence-electron chi connectivity index (χ4n) is 5.85. The first-order valence-corrected chi connectivity index (χ1v) is 12.5. The van der Waals surface area contributed by atoms with Gasteiger partial charge in [-0.05, 0) is 50.5 Å². The molecule has 3 fully saturated rings. The smallest absolute Gasteiger partial charge is 0.284 e. The Kier molecular flexibility index (Phi) is 6.08. The third-order valence-electron chi connectivity index (χ3n) is 7.72. The van der Waals surface area contributed by atoms with Gasteiger partial charge in [0.25, 0.3) is 12.3 Å². The molecule has 36 heavy (non-hydrogen) atoms. The van der Waals surface area contributed by atoms with Crippen LogP contribution in [0.3, 0.4) is 0 Å². The van der Waals surface area contributed by atoms with Crippen molar-refractivity contribution in [1.29, 1.82) is 0 Å². The fraction of sp³-hybridized carbons (Fsp3) is 0.583. The molecule has 2 bridgehead atoms. The molecule has 6 rings (SSSR count). The summed E-state index contributed by atoms with van der Waals surface area (Å²) in [5, 5.41) is 20.7. The Balaban J connectivity index is 1.29. The average Bonchev–Trinajstić information content (AvgIpc) is 3.66. The van der Waals surface area contributed by atoms with Gasteiger partial charge in [0.15, 0.2) is 17.2 Å². The van der Waals surface area contributed by atoms with E-state index in [2.05, 4.69) is 25.4 Å². The summed E-state index contributed by atoms with van der Waals surface area (Å²) in [4.78, 5) is 20.0. The molecule has 1 amide bonds. The van der Waals surface area contributed by atoms with Crippen molar-refractivity contribution in [3.63, 3.8) is 0 Å². The molecule has 12 heteroatoms. The number of anilines is 2. The summed E-state index contributed by atoms with van der Waals surface area (Å²) in [6.45, 7) is 1.35. The molecular formula is C24H29F2N7O3. The minimum Gasteiger partial charge on any atom is -0.396 e. The van der Waals surface area contributed by atoms with E-state index in [1.54, 1.807) is 27.7 Å². The summed E-state index contributed by atoms with van der Waals surface area (Å²) in [7, 11) is 0. The Bertz CT molecular complexity index is 1250. The van der Waals surface area contributed by atoms with E-state index in [0.29, 0.717) is 30.5 Å². The monoisotopic (exact) mass is 501 g/mol. The number of amides is 1. The molecule has 2 N–H and O–H groups in total. The Hall–Kier alpha value is -3.12. The number of aliphatic hydroxyl groups excluding tert-OH is 1. The highest BCUT2D eigenvalue weighted by atomic mass is 19.3. The van der Waals surface area contributed by atoms with Gasteiger partial charge in [0.2, 0.25) is 0 Å². The molecule has 192 valence electrons. The van der Waals surface area contributed by atoms with E-state index in [4.69, 9.17) is 4.74 Å². The largest absolute Gasteiger partial charge is 0.396 e. The standard InChI is InChI=1S/C24H29F2N7O3/c25-21(26)20-18(12-33(29-20)15-4-2-14(3-5-15)6-9-34)28-24(35)19-22-27-7-1-8-32(22)30-23(19)31-11-17-10-16(31)13-36-17/h1,7-8,12,14-17,21,34H,2-6,9-11,13H2,(H,28,35)/t14?,15?,16-,17-/m1/s1. The second-order valence-electron chi connectivity index (χ2n) is 9.93. The van der Waals surface area contributed by atoms with E-state index in [-0.39, 0.29) is 36.0 Å². The van der Waals surface area contributed by atoms with Crippen LogP contribution in [0.5, 0.6) is 0 Å². The fourth-order valence-corrected chi connectivity index (χ4v) is 5.85. The third kappa shape index (κ3) is 4.11. The molecule has 2 saturated heterocycles. The number of halogens is 2. The molecule has 0 spiro atoms. The quantitative estimate of drug-likeness (QED) is 0.512. The van der Waals surface area contributed by atoms with Crippen LogP contribution < -0.4 is 10.2 Å². The topological polar surface area (TPSA) is 110 Å². The van der Waals surface area contributed by atoms with Crippen LogP contribution in [0.1, 0.15) is 67.0 Å². The van der Waals surface area contributed by atoms with Gasteiger partial charge in [-0.2, -0.15) is 5.10 Å². The Labute approximate surface area is 206 Å². The maximum absolute atomic E-state index is 13.9. The first-order chi connectivity index (χ1) is 17.5. The summed E-state index contributed by atoms with van der Waals surface area (Å²) < 4.78 is 36.7. The van der Waals surface area contributed by atoms with E-state index in [1.165, 1.54) is 6.20 Å². The number of rotatable bonds is 7. The molecule has 2 atom stereocenters. The number of carbonyl (C=O) groups excluding carboxylic acids is 1. The zero-order chi connectivity index (χ0) is 24.8. The number of carbonyl (C=O) groups is 1. The van der Waals surface area contributed by atoms with Crippen LogP contribution >= 0.6 is 0 Å². The summed E-state index contributed by atoms with van der Waals surface area (Å²) in [6.07, 6.45) is 7.11. The minimum atomic E-state index is -2.83. The molecule has 10 nitrogen and oxygen atoms in total. The number of morpholine rings is 1. The van der Waals surface area contributed by atoms with Crippen LogP contribution in [0.25, 0.3) is 5.65 Å². The summed E-state index contributed by atoms with van der Waals surface area (Å²) >= 11 is 0. The molecule has 2 aliphatic heterocycles. The highest BCUT2D eigenvalue weighted by Gasteiger charge is 2.42. The normalized spacial score (nSPS) is 25.8. The Morgan fingerprint density at radius 2 is 2.06 bits per heavy atom. The highest BCUT2D eigenvalue weighted by molar-refractivity contribution is 6.12. The van der Waals surface area contributed by atoms with Gasteiger partial charge in [-0.1, -0.05) is 0 Å². The van der Waals surface area contributed by atoms with Gasteiger partial charge in [0, 0.05) is 31.7 Å². The maximum Gasteiger partial charge on any atom is 0.284 e. The number of hydrogen-bond acceptors (Lipinski definition) is 7. The first-order valence-electron chi connectivity index (χ1n) is 12.5. The van der Waals surface area contributed by atoms with Crippen molar-refractivity contribution in [2.24, 2.45) is 5.92 Å². The molecule has 0 unspecified atom stereocenters. The van der Waals surface area contributed by atoms with Crippen molar-refractivity contribution in [1.82, 2.24) is 24.4 Å². The molecule has 1 aliphatic carbocycles. The SMILES string of the molecule is O=C(Nc1cn(C2CCC(CCO)CC2)nc1C(F)F)c1c(N2C[C@H]3C[C@@H]2CO3)nn2cccnc12. The predicted octanol–water partition coefficient (Wildman–Crippen LogP) is 3.21. The number of nitrogens with one attached hydrogen (secondary N) is 1. The van der Waals surface area contributed by atoms with Gasteiger partial charge in [-0.25, -0.2) is 18.3 Å². The Morgan fingerprint density at radius 3 is 2.75 bits per heavy atom. The lowest BCUT2D eigenvalue weighted by molar-refractivity contribution is 0.0979. The van der Waals surface area contributed by atoms with Crippen molar-refractivity contribution in [3.05, 3.63) is 35.9 Å². The molecule has 5 heterocycles. The van der Waals surface area contributed by atoms with Crippen LogP contribution in [-0.2, 0) is 4.74 Å². The van der Waals surface area contributed by atoms with Gasteiger partial charge in [-0.3, -0.25) is 9.48 Å². The van der Waals surface area contributed by atoms with Gasteiger partial charge < -0.3 is 20.1 Å². The number of aromatic nitrogens is 5. The van der Waals surface area contributed by atoms with Crippen LogP contribution in [-0.4, -0.2) is 67.3 Å². The van der Waals surface area contributed by atoms with Crippen molar-refractivity contribution in [2.45, 2.75) is 63.1 Å². The lowest BCUT2D eigenvalue weighted by atomic mass is 9.84. The van der Waals surface area contributed by atoms with Crippen molar-refractivity contribution in [3.8, 4) is 0 Å². The summed E-state index contributed by atoms with van der Waals surface area (Å²) in [5.41, 5.74) is 0.169. The number of ether oxygens (including phenoxy) is 1. The van der Waals surface area contributed by atoms with Crippen LogP contribution in [0.4, 0.5) is 20.3 Å². The molecule has 3 aromatic rings. The second-order valence-corrected chi connectivity index (χ2v) is 9.93. The van der Waals surface area contributed by atoms with Crippen LogP contribution in [0.15, 0.2) is 24.7 Å². The zero-order valence-electron chi connectivity index (χ0n) is 19.8. The number of nitrogens with zero attached hydrogens (tertiary/aromatic N) is 6. The second kappa shape index (κ2) is 9.40. The van der Waals surface area contributed by atoms with Gasteiger partial charge in [0.1, 0.15) is 5.56 Å². The van der Waals surface area contributed by atoms with E-state index < -0.39 is 18.0 Å². The number of fused-ring (bicyclic) bond motifs is 3. The molecule has 0 aromatic carbocycles. The van der Waals surface area contributed by atoms with Gasteiger partial charge in [0.05, 0.1) is 30.5 Å². The molecular weight excluding hydrogens is 472 g/mol. The van der Waals surface area contributed by atoms with Crippen LogP contribution in [0, 0.1) is 5.92 Å². The number of aliphatic hydroxyl groups is 1. The van der Waals surface area contributed by atoms with E-state index >= 15 is 0 Å². The Morgan fingerprint density at radius 1 is 1.22 bits per heavy atom. The third-order valence-corrected chi connectivity index (χ3v) is 7.72. The molecule has 3 aromatic heterocycles. The average molecular weight is 502 g/mol. The molecule has 1 saturated carbocycles. The summed E-state index contributed by atoms with van der Waals surface area (Å²) in [6, 6.07) is 1.82. The molecule has 3 aliphatic rings. The number of hydrogen-bond donors (Lipinski definition) is 2. The van der Waals surface area contributed by atoms with E-state index in [9.17, 15) is 18.7 Å². The predicted molar refractivity (Wildman–Crippen MR) is 126 cm³/mol. The highest BCUT2D eigenvalue weighted by Crippen LogP contribution is 2.37. The lowest BCUT2D eigenvalue weighted by Gasteiger charge is -2.28. The zero-order valence-corrected chi connectivity index (χ0v) is 19.8. The van der Waals surface area contributed by atoms with Crippen molar-refractivity contribution in [2.75, 3.05) is 30.0 Å². The maximum atomic E-state index is 13.9. The minimum absolute atomic E-state index is 0.0000104. The van der Waals surface area contributed by atoms with Gasteiger partial charge in [-0.15, -0.1) is 5.10 Å². The molecule has 0 radical (unpaired) electrons. The van der Waals surface area contributed by atoms with E-state index in [1.807, 2.05) is 0 Å². The van der Waals surface area contributed by atoms with Crippen LogP contribution in [0.2, 0.25) is 0 Å². The van der Waals surface area contributed by atoms with Crippen molar-refractivity contribution >= 4 is 23.1 Å². The summed E-state index contributed by atoms with van der Waals surface area (Å²) in [5.74, 6) is 0.383. The number of alkyl halides is 2.